The van der Waals surface area contributed by atoms with E-state index in [2.05, 4.69) is 5.32 Å². The van der Waals surface area contributed by atoms with Gasteiger partial charge in [-0.05, 0) is 37.5 Å². The van der Waals surface area contributed by atoms with Gasteiger partial charge in [0.05, 0.1) is 23.6 Å². The molecule has 4 rings (SSSR count). The number of ether oxygens (including phenoxy) is 1. The third kappa shape index (κ3) is 5.12. The molecule has 0 bridgehead atoms. The van der Waals surface area contributed by atoms with E-state index in [9.17, 15) is 13.2 Å². The summed E-state index contributed by atoms with van der Waals surface area (Å²) in [6.07, 6.45) is 1.05. The van der Waals surface area contributed by atoms with Gasteiger partial charge in [-0.1, -0.05) is 48.0 Å². The monoisotopic (exact) mass is 459 g/mol. The standard InChI is InChI=1S/C23H29N3O5S/c1-19-7-9-21(10-8-19)32(28,29)31-26-13-11-23(12-14-26,20-5-3-2-4-6-20)24-22(27)25-15-17-30-18-16-25/h2-10H,11-18H2,1H3,(H,24,27). The van der Waals surface area contributed by atoms with Crippen molar-refractivity contribution in [2.45, 2.75) is 30.2 Å². The molecule has 32 heavy (non-hydrogen) atoms. The highest BCUT2D eigenvalue weighted by Gasteiger charge is 2.40. The molecule has 0 aromatic heterocycles. The molecule has 0 aliphatic carbocycles. The van der Waals surface area contributed by atoms with E-state index in [4.69, 9.17) is 9.02 Å². The summed E-state index contributed by atoms with van der Waals surface area (Å²) in [5.41, 5.74) is 1.39. The molecule has 2 aliphatic rings. The first kappa shape index (κ1) is 22.7. The maximum Gasteiger partial charge on any atom is 0.318 e. The van der Waals surface area contributed by atoms with E-state index in [1.807, 2.05) is 37.3 Å². The maximum absolute atomic E-state index is 13.0. The lowest BCUT2D eigenvalue weighted by atomic mass is 9.81. The molecule has 2 amide bonds. The zero-order valence-corrected chi connectivity index (χ0v) is 19.0. The minimum Gasteiger partial charge on any atom is -0.378 e. The zero-order valence-electron chi connectivity index (χ0n) is 18.2. The van der Waals surface area contributed by atoms with E-state index in [1.165, 1.54) is 5.06 Å². The number of amides is 2. The number of hydroxylamine groups is 2. The molecule has 0 radical (unpaired) electrons. The average molecular weight is 460 g/mol. The number of urea groups is 1. The second kappa shape index (κ2) is 9.58. The summed E-state index contributed by atoms with van der Waals surface area (Å²) in [7, 11) is -3.90. The van der Waals surface area contributed by atoms with Crippen molar-refractivity contribution in [3.8, 4) is 0 Å². The SMILES string of the molecule is Cc1ccc(S(=O)(=O)ON2CCC(NC(=O)N3CCOCC3)(c3ccccc3)CC2)cc1. The summed E-state index contributed by atoms with van der Waals surface area (Å²) in [6.45, 7) is 4.80. The summed E-state index contributed by atoms with van der Waals surface area (Å²) in [4.78, 5) is 14.9. The van der Waals surface area contributed by atoms with Gasteiger partial charge < -0.3 is 15.0 Å². The summed E-state index contributed by atoms with van der Waals surface area (Å²) >= 11 is 0. The van der Waals surface area contributed by atoms with Gasteiger partial charge >= 0.3 is 16.1 Å². The lowest BCUT2D eigenvalue weighted by Crippen LogP contribution is -2.57. The van der Waals surface area contributed by atoms with E-state index in [-0.39, 0.29) is 10.9 Å². The van der Waals surface area contributed by atoms with Gasteiger partial charge in [-0.15, -0.1) is 0 Å². The van der Waals surface area contributed by atoms with Crippen LogP contribution in [-0.4, -0.2) is 63.8 Å². The van der Waals surface area contributed by atoms with E-state index >= 15 is 0 Å². The second-order valence-corrected chi connectivity index (χ2v) is 9.78. The number of hydrogen-bond acceptors (Lipinski definition) is 6. The molecule has 1 N–H and O–H groups in total. The van der Waals surface area contributed by atoms with Gasteiger partial charge in [0, 0.05) is 26.2 Å². The third-order valence-corrected chi connectivity index (χ3v) is 7.32. The molecule has 9 heteroatoms. The van der Waals surface area contributed by atoms with Crippen LogP contribution in [0.1, 0.15) is 24.0 Å². The highest BCUT2D eigenvalue weighted by Crippen LogP contribution is 2.34. The molecule has 2 saturated heterocycles. The number of rotatable bonds is 5. The van der Waals surface area contributed by atoms with E-state index in [0.29, 0.717) is 52.2 Å². The number of nitrogens with zero attached hydrogens (tertiary/aromatic N) is 2. The lowest BCUT2D eigenvalue weighted by molar-refractivity contribution is -0.0837. The average Bonchev–Trinajstić information content (AvgIpc) is 2.82. The van der Waals surface area contributed by atoms with Crippen molar-refractivity contribution in [1.82, 2.24) is 15.3 Å². The topological polar surface area (TPSA) is 88.2 Å². The first-order valence-electron chi connectivity index (χ1n) is 10.8. The number of piperidine rings is 1. The number of carbonyl (C=O) groups is 1. The molecule has 0 saturated carbocycles. The number of hydrogen-bond donors (Lipinski definition) is 1. The van der Waals surface area contributed by atoms with E-state index < -0.39 is 15.7 Å². The molecule has 2 aromatic carbocycles. The molecule has 0 atom stereocenters. The Kier molecular flexibility index (Phi) is 6.80. The minimum absolute atomic E-state index is 0.126. The highest BCUT2D eigenvalue weighted by molar-refractivity contribution is 7.86. The van der Waals surface area contributed by atoms with Crippen molar-refractivity contribution < 1.29 is 22.2 Å². The van der Waals surface area contributed by atoms with Crippen LogP contribution >= 0.6 is 0 Å². The smallest absolute Gasteiger partial charge is 0.318 e. The normalized spacial score (nSPS) is 19.5. The summed E-state index contributed by atoms with van der Waals surface area (Å²) in [5, 5.41) is 4.71. The Bertz CT molecular complexity index is 1010. The molecule has 2 aliphatic heterocycles. The quantitative estimate of drug-likeness (QED) is 0.740. The molecular weight excluding hydrogens is 430 g/mol. The van der Waals surface area contributed by atoms with Crippen molar-refractivity contribution in [3.05, 3.63) is 65.7 Å². The Balaban J connectivity index is 1.47. The number of benzene rings is 2. The Morgan fingerprint density at radius 3 is 2.22 bits per heavy atom. The fourth-order valence-electron chi connectivity index (χ4n) is 4.12. The van der Waals surface area contributed by atoms with Crippen LogP contribution in [-0.2, 0) is 24.7 Å². The van der Waals surface area contributed by atoms with Gasteiger partial charge in [0.2, 0.25) is 0 Å². The molecule has 172 valence electrons. The third-order valence-electron chi connectivity index (χ3n) is 6.06. The fourth-order valence-corrected chi connectivity index (χ4v) is 5.10. The summed E-state index contributed by atoms with van der Waals surface area (Å²) in [6, 6.07) is 16.3. The van der Waals surface area contributed by atoms with Gasteiger partial charge in [-0.25, -0.2) is 4.79 Å². The molecule has 0 unspecified atom stereocenters. The molecular formula is C23H29N3O5S. The minimum atomic E-state index is -3.90. The van der Waals surface area contributed by atoms with Crippen molar-refractivity contribution in [2.75, 3.05) is 39.4 Å². The van der Waals surface area contributed by atoms with Crippen molar-refractivity contribution in [2.24, 2.45) is 0 Å². The summed E-state index contributed by atoms with van der Waals surface area (Å²) in [5.74, 6) is 0. The van der Waals surface area contributed by atoms with Gasteiger partial charge in [0.25, 0.3) is 0 Å². The van der Waals surface area contributed by atoms with E-state index in [1.54, 1.807) is 29.2 Å². The lowest BCUT2D eigenvalue weighted by Gasteiger charge is -2.43. The molecule has 0 spiro atoms. The summed E-state index contributed by atoms with van der Waals surface area (Å²) < 4.78 is 36.1. The number of carbonyl (C=O) groups excluding carboxylic acids is 1. The molecule has 8 nitrogen and oxygen atoms in total. The predicted octanol–water partition coefficient (Wildman–Crippen LogP) is 2.65. The van der Waals surface area contributed by atoms with Gasteiger partial charge in [-0.3, -0.25) is 0 Å². The van der Waals surface area contributed by atoms with Gasteiger partial charge in [0.15, 0.2) is 0 Å². The van der Waals surface area contributed by atoms with Crippen LogP contribution in [0.3, 0.4) is 0 Å². The van der Waals surface area contributed by atoms with Crippen LogP contribution in [0.4, 0.5) is 4.79 Å². The van der Waals surface area contributed by atoms with Crippen molar-refractivity contribution in [3.63, 3.8) is 0 Å². The zero-order chi connectivity index (χ0) is 22.6. The fraction of sp³-hybridized carbons (Fsp3) is 0.435. The van der Waals surface area contributed by atoms with Crippen molar-refractivity contribution >= 4 is 16.1 Å². The van der Waals surface area contributed by atoms with Gasteiger partial charge in [0.1, 0.15) is 0 Å². The largest absolute Gasteiger partial charge is 0.378 e. The first-order chi connectivity index (χ1) is 15.4. The first-order valence-corrected chi connectivity index (χ1v) is 12.3. The van der Waals surface area contributed by atoms with Crippen LogP contribution in [0.15, 0.2) is 59.5 Å². The van der Waals surface area contributed by atoms with Crippen LogP contribution in [0.25, 0.3) is 0 Å². The van der Waals surface area contributed by atoms with Crippen molar-refractivity contribution in [1.29, 1.82) is 0 Å². The number of aryl methyl sites for hydroxylation is 1. The molecule has 2 fully saturated rings. The second-order valence-electron chi connectivity index (χ2n) is 8.25. The van der Waals surface area contributed by atoms with Crippen LogP contribution < -0.4 is 5.32 Å². The Labute approximate surface area is 189 Å². The van der Waals surface area contributed by atoms with Crippen LogP contribution in [0.5, 0.6) is 0 Å². The molecule has 2 aromatic rings. The Morgan fingerprint density at radius 2 is 1.59 bits per heavy atom. The molecule has 2 heterocycles. The Morgan fingerprint density at radius 1 is 0.969 bits per heavy atom. The van der Waals surface area contributed by atoms with Gasteiger partial charge in [-0.2, -0.15) is 17.8 Å². The highest BCUT2D eigenvalue weighted by atomic mass is 32.2. The predicted molar refractivity (Wildman–Crippen MR) is 119 cm³/mol. The van der Waals surface area contributed by atoms with Crippen LogP contribution in [0, 0.1) is 6.92 Å². The Hall–Kier alpha value is -2.46. The number of nitrogens with one attached hydrogen (secondary N) is 1. The van der Waals surface area contributed by atoms with E-state index in [0.717, 1.165) is 11.1 Å². The number of morpholine rings is 1. The van der Waals surface area contributed by atoms with Crippen LogP contribution in [0.2, 0.25) is 0 Å². The maximum atomic E-state index is 13.0.